The van der Waals surface area contributed by atoms with Gasteiger partial charge in [-0.2, -0.15) is 0 Å². The first-order valence-corrected chi connectivity index (χ1v) is 5.67. The number of halogens is 1. The summed E-state index contributed by atoms with van der Waals surface area (Å²) in [6.45, 7) is 2.44. The summed E-state index contributed by atoms with van der Waals surface area (Å²) in [6, 6.07) is 3.05. The first kappa shape index (κ1) is 11.3. The van der Waals surface area contributed by atoms with E-state index in [1.807, 2.05) is 11.9 Å². The minimum absolute atomic E-state index is 0.262. The van der Waals surface area contributed by atoms with Gasteiger partial charge in [0, 0.05) is 26.4 Å². The fourth-order valence-corrected chi connectivity index (χ4v) is 2.08. The van der Waals surface area contributed by atoms with Crippen molar-refractivity contribution in [2.24, 2.45) is 5.92 Å². The van der Waals surface area contributed by atoms with E-state index in [2.05, 4.69) is 4.98 Å². The van der Waals surface area contributed by atoms with Crippen LogP contribution in [0.15, 0.2) is 18.3 Å². The quantitative estimate of drug-likeness (QED) is 0.786. The van der Waals surface area contributed by atoms with Crippen LogP contribution in [0.5, 0.6) is 0 Å². The summed E-state index contributed by atoms with van der Waals surface area (Å²) in [4.78, 5) is 5.92. The van der Waals surface area contributed by atoms with Gasteiger partial charge in [-0.1, -0.05) is 0 Å². The molecule has 0 bridgehead atoms. The number of anilines is 1. The zero-order valence-electron chi connectivity index (χ0n) is 9.53. The number of aromatic nitrogens is 1. The topological polar surface area (TPSA) is 25.4 Å². The molecule has 0 aromatic carbocycles. The molecule has 1 aliphatic heterocycles. The maximum Gasteiger partial charge on any atom is 0.165 e. The van der Waals surface area contributed by atoms with Crippen molar-refractivity contribution in [1.29, 1.82) is 0 Å². The third-order valence-corrected chi connectivity index (χ3v) is 2.89. The van der Waals surface area contributed by atoms with Gasteiger partial charge in [0.05, 0.1) is 6.61 Å². The third-order valence-electron chi connectivity index (χ3n) is 2.89. The second-order valence-electron chi connectivity index (χ2n) is 4.27. The molecule has 88 valence electrons. The van der Waals surface area contributed by atoms with E-state index < -0.39 is 0 Å². The summed E-state index contributed by atoms with van der Waals surface area (Å²) in [6.07, 6.45) is 3.87. The number of pyridine rings is 1. The lowest BCUT2D eigenvalue weighted by Gasteiger charge is -2.27. The standard InChI is InChI=1S/C12H17FN2O/c1-15(8-10-4-3-7-16-9-10)12-11(13)5-2-6-14-12/h2,5-6,10H,3-4,7-9H2,1H3/t10-/m1/s1. The molecule has 0 unspecified atom stereocenters. The van der Waals surface area contributed by atoms with Crippen LogP contribution >= 0.6 is 0 Å². The molecule has 0 aliphatic carbocycles. The second kappa shape index (κ2) is 5.25. The fraction of sp³-hybridized carbons (Fsp3) is 0.583. The number of rotatable bonds is 3. The molecule has 1 aromatic heterocycles. The van der Waals surface area contributed by atoms with Crippen molar-refractivity contribution in [3.63, 3.8) is 0 Å². The molecule has 1 atom stereocenters. The number of ether oxygens (including phenoxy) is 1. The molecular formula is C12H17FN2O. The van der Waals surface area contributed by atoms with Crippen LogP contribution in [0.2, 0.25) is 0 Å². The van der Waals surface area contributed by atoms with Gasteiger partial charge in [-0.25, -0.2) is 9.37 Å². The normalized spacial score (nSPS) is 20.8. The van der Waals surface area contributed by atoms with Gasteiger partial charge in [-0.15, -0.1) is 0 Å². The Hall–Kier alpha value is -1.16. The Balaban J connectivity index is 1.96. The van der Waals surface area contributed by atoms with Crippen molar-refractivity contribution in [3.8, 4) is 0 Å². The average Bonchev–Trinajstić information content (AvgIpc) is 2.31. The molecule has 0 amide bonds. The van der Waals surface area contributed by atoms with Crippen LogP contribution < -0.4 is 4.90 Å². The van der Waals surface area contributed by atoms with Crippen LogP contribution in [-0.4, -0.2) is 31.8 Å². The van der Waals surface area contributed by atoms with Gasteiger partial charge in [-0.05, 0) is 30.9 Å². The molecule has 3 nitrogen and oxygen atoms in total. The molecule has 1 fully saturated rings. The third kappa shape index (κ3) is 2.70. The van der Waals surface area contributed by atoms with E-state index in [1.54, 1.807) is 12.3 Å². The van der Waals surface area contributed by atoms with Crippen molar-refractivity contribution >= 4 is 5.82 Å². The highest BCUT2D eigenvalue weighted by Crippen LogP contribution is 2.19. The van der Waals surface area contributed by atoms with Crippen molar-refractivity contribution < 1.29 is 9.13 Å². The molecule has 16 heavy (non-hydrogen) atoms. The summed E-state index contributed by atoms with van der Waals surface area (Å²) >= 11 is 0. The van der Waals surface area contributed by atoms with Crippen LogP contribution in [-0.2, 0) is 4.74 Å². The van der Waals surface area contributed by atoms with E-state index in [0.29, 0.717) is 11.7 Å². The largest absolute Gasteiger partial charge is 0.381 e. The van der Waals surface area contributed by atoms with Crippen molar-refractivity contribution in [3.05, 3.63) is 24.1 Å². The van der Waals surface area contributed by atoms with Gasteiger partial charge in [-0.3, -0.25) is 0 Å². The maximum atomic E-state index is 13.5. The van der Waals surface area contributed by atoms with Crippen LogP contribution in [0.25, 0.3) is 0 Å². The highest BCUT2D eigenvalue weighted by Gasteiger charge is 2.17. The molecule has 4 heteroatoms. The Morgan fingerprint density at radius 1 is 1.62 bits per heavy atom. The molecule has 2 rings (SSSR count). The van der Waals surface area contributed by atoms with Crippen molar-refractivity contribution in [2.45, 2.75) is 12.8 Å². The van der Waals surface area contributed by atoms with Crippen molar-refractivity contribution in [1.82, 2.24) is 4.98 Å². The highest BCUT2D eigenvalue weighted by molar-refractivity contribution is 5.38. The molecule has 0 spiro atoms. The lowest BCUT2D eigenvalue weighted by atomic mass is 10.0. The summed E-state index contributed by atoms with van der Waals surface area (Å²) in [5, 5.41) is 0. The van der Waals surface area contributed by atoms with E-state index in [0.717, 1.165) is 32.6 Å². The Morgan fingerprint density at radius 2 is 2.50 bits per heavy atom. The predicted molar refractivity (Wildman–Crippen MR) is 61.0 cm³/mol. The van der Waals surface area contributed by atoms with E-state index in [4.69, 9.17) is 4.74 Å². The minimum Gasteiger partial charge on any atom is -0.381 e. The van der Waals surface area contributed by atoms with Gasteiger partial charge < -0.3 is 9.64 Å². The Morgan fingerprint density at radius 3 is 3.19 bits per heavy atom. The molecule has 1 aromatic rings. The molecular weight excluding hydrogens is 207 g/mol. The summed E-state index contributed by atoms with van der Waals surface area (Å²) < 4.78 is 18.9. The summed E-state index contributed by atoms with van der Waals surface area (Å²) in [5.74, 6) is 0.648. The van der Waals surface area contributed by atoms with E-state index in [9.17, 15) is 4.39 Å². The molecule has 0 N–H and O–H groups in total. The first-order chi connectivity index (χ1) is 7.77. The van der Waals surface area contributed by atoms with Crippen LogP contribution in [0.1, 0.15) is 12.8 Å². The second-order valence-corrected chi connectivity index (χ2v) is 4.27. The zero-order valence-corrected chi connectivity index (χ0v) is 9.53. The Bertz CT molecular complexity index is 340. The molecule has 1 aliphatic rings. The lowest BCUT2D eigenvalue weighted by Crippen LogP contribution is -2.31. The van der Waals surface area contributed by atoms with Gasteiger partial charge >= 0.3 is 0 Å². The average molecular weight is 224 g/mol. The van der Waals surface area contributed by atoms with E-state index in [-0.39, 0.29) is 5.82 Å². The lowest BCUT2D eigenvalue weighted by molar-refractivity contribution is 0.0575. The van der Waals surface area contributed by atoms with Gasteiger partial charge in [0.2, 0.25) is 0 Å². The SMILES string of the molecule is CN(C[C@H]1CCCOC1)c1ncccc1F. The predicted octanol–water partition coefficient (Wildman–Crippen LogP) is 2.08. The number of hydrogen-bond acceptors (Lipinski definition) is 3. The van der Waals surface area contributed by atoms with Gasteiger partial charge in [0.1, 0.15) is 0 Å². The summed E-state index contributed by atoms with van der Waals surface area (Å²) in [7, 11) is 1.88. The maximum absolute atomic E-state index is 13.5. The van der Waals surface area contributed by atoms with Crippen LogP contribution in [0.4, 0.5) is 10.2 Å². The fourth-order valence-electron chi connectivity index (χ4n) is 2.08. The number of hydrogen-bond donors (Lipinski definition) is 0. The van der Waals surface area contributed by atoms with E-state index >= 15 is 0 Å². The van der Waals surface area contributed by atoms with E-state index in [1.165, 1.54) is 6.07 Å². The molecule has 0 radical (unpaired) electrons. The Kier molecular flexibility index (Phi) is 3.72. The minimum atomic E-state index is -0.262. The zero-order chi connectivity index (χ0) is 11.4. The van der Waals surface area contributed by atoms with Crippen molar-refractivity contribution in [2.75, 3.05) is 31.7 Å². The van der Waals surface area contributed by atoms with Gasteiger partial charge in [0.25, 0.3) is 0 Å². The molecule has 0 saturated carbocycles. The first-order valence-electron chi connectivity index (χ1n) is 5.67. The monoisotopic (exact) mass is 224 g/mol. The highest BCUT2D eigenvalue weighted by atomic mass is 19.1. The Labute approximate surface area is 95.2 Å². The molecule has 1 saturated heterocycles. The number of nitrogens with zero attached hydrogens (tertiary/aromatic N) is 2. The smallest absolute Gasteiger partial charge is 0.165 e. The van der Waals surface area contributed by atoms with Crippen LogP contribution in [0, 0.1) is 11.7 Å². The van der Waals surface area contributed by atoms with Crippen LogP contribution in [0.3, 0.4) is 0 Å². The summed E-state index contributed by atoms with van der Waals surface area (Å²) in [5.41, 5.74) is 0. The molecule has 2 heterocycles. The van der Waals surface area contributed by atoms with Gasteiger partial charge in [0.15, 0.2) is 11.6 Å².